The first-order valence-electron chi connectivity index (χ1n) is 5.48. The molecule has 1 aromatic heterocycles. The summed E-state index contributed by atoms with van der Waals surface area (Å²) in [6.07, 6.45) is 0. The van der Waals surface area contributed by atoms with Crippen molar-refractivity contribution < 1.29 is 14.3 Å². The number of esters is 1. The summed E-state index contributed by atoms with van der Waals surface area (Å²) in [6.45, 7) is 3.48. The first kappa shape index (κ1) is 12.1. The first-order chi connectivity index (χ1) is 8.22. The Morgan fingerprint density at radius 1 is 1.59 bits per heavy atom. The number of anilines is 1. The molecule has 1 aromatic rings. The van der Waals surface area contributed by atoms with Crippen LogP contribution in [0, 0.1) is 5.92 Å². The fourth-order valence-electron chi connectivity index (χ4n) is 1.46. The molecule has 6 heteroatoms. The molecule has 17 heavy (non-hydrogen) atoms. The molecule has 2 N–H and O–H groups in total. The molecule has 1 aliphatic rings. The third-order valence-corrected chi connectivity index (χ3v) is 3.38. The maximum atomic E-state index is 11.7. The predicted octanol–water partition coefficient (Wildman–Crippen LogP) is 1.08. The van der Waals surface area contributed by atoms with Crippen LogP contribution in [0.4, 0.5) is 5.00 Å². The van der Waals surface area contributed by atoms with Gasteiger partial charge in [-0.05, 0) is 18.4 Å². The Morgan fingerprint density at radius 3 is 2.94 bits per heavy atom. The Balaban J connectivity index is 2.03. The Kier molecular flexibility index (Phi) is 3.75. The molecular weight excluding hydrogens is 240 g/mol. The maximum Gasteiger partial charge on any atom is 0.341 e. The summed E-state index contributed by atoms with van der Waals surface area (Å²) >= 11 is 1.33. The van der Waals surface area contributed by atoms with Crippen molar-refractivity contribution in [2.75, 3.05) is 25.0 Å². The van der Waals surface area contributed by atoms with E-state index in [0.29, 0.717) is 30.3 Å². The van der Waals surface area contributed by atoms with Gasteiger partial charge in [-0.2, -0.15) is 0 Å². The van der Waals surface area contributed by atoms with Gasteiger partial charge in [0.1, 0.15) is 5.00 Å². The summed E-state index contributed by atoms with van der Waals surface area (Å²) < 4.78 is 4.91. The molecule has 92 valence electrons. The molecular formula is C11H14N2O3S. The highest BCUT2D eigenvalue weighted by Gasteiger charge is 2.26. The molecule has 0 aliphatic carbocycles. The van der Waals surface area contributed by atoms with Crippen molar-refractivity contribution in [1.82, 2.24) is 5.32 Å². The highest BCUT2D eigenvalue weighted by molar-refractivity contribution is 7.14. The van der Waals surface area contributed by atoms with Gasteiger partial charge in [0.25, 0.3) is 0 Å². The van der Waals surface area contributed by atoms with Gasteiger partial charge < -0.3 is 15.4 Å². The van der Waals surface area contributed by atoms with Gasteiger partial charge in [-0.1, -0.05) is 0 Å². The molecule has 5 nitrogen and oxygen atoms in total. The monoisotopic (exact) mass is 254 g/mol. The smallest absolute Gasteiger partial charge is 0.341 e. The minimum absolute atomic E-state index is 0.00662. The normalized spacial score (nSPS) is 15.1. The van der Waals surface area contributed by atoms with Gasteiger partial charge in [0.05, 0.1) is 18.1 Å². The summed E-state index contributed by atoms with van der Waals surface area (Å²) in [5.41, 5.74) is 0.428. The molecule has 0 spiro atoms. The van der Waals surface area contributed by atoms with E-state index in [4.69, 9.17) is 4.74 Å². The van der Waals surface area contributed by atoms with Crippen LogP contribution in [0.3, 0.4) is 0 Å². The van der Waals surface area contributed by atoms with Crippen LogP contribution in [0.2, 0.25) is 0 Å². The van der Waals surface area contributed by atoms with E-state index in [0.717, 1.165) is 0 Å². The summed E-state index contributed by atoms with van der Waals surface area (Å²) in [5, 5.41) is 8.14. The summed E-state index contributed by atoms with van der Waals surface area (Å²) in [7, 11) is 0. The van der Waals surface area contributed by atoms with Crippen molar-refractivity contribution in [2.45, 2.75) is 6.92 Å². The first-order valence-corrected chi connectivity index (χ1v) is 6.36. The van der Waals surface area contributed by atoms with Gasteiger partial charge in [-0.25, -0.2) is 4.79 Å². The van der Waals surface area contributed by atoms with Crippen molar-refractivity contribution >= 4 is 28.2 Å². The lowest BCUT2D eigenvalue weighted by Crippen LogP contribution is -2.48. The predicted molar refractivity (Wildman–Crippen MR) is 65.3 cm³/mol. The standard InChI is InChI=1S/C11H14N2O3S/c1-2-16-11(15)8-3-4-17-10(8)13-9(14)7-5-12-6-7/h3-4,7,12H,2,5-6H2,1H3,(H,13,14). The molecule has 1 saturated heterocycles. The van der Waals surface area contributed by atoms with E-state index in [-0.39, 0.29) is 11.8 Å². The highest BCUT2D eigenvalue weighted by atomic mass is 32.1. The number of hydrogen-bond donors (Lipinski definition) is 2. The molecule has 1 fully saturated rings. The third-order valence-electron chi connectivity index (χ3n) is 2.55. The van der Waals surface area contributed by atoms with Crippen molar-refractivity contribution in [3.63, 3.8) is 0 Å². The van der Waals surface area contributed by atoms with Crippen LogP contribution in [-0.2, 0) is 9.53 Å². The van der Waals surface area contributed by atoms with Gasteiger partial charge in [-0.3, -0.25) is 4.79 Å². The zero-order valence-corrected chi connectivity index (χ0v) is 10.3. The second kappa shape index (κ2) is 5.29. The molecule has 1 amide bonds. The van der Waals surface area contributed by atoms with Crippen LogP contribution in [0.15, 0.2) is 11.4 Å². The fraction of sp³-hybridized carbons (Fsp3) is 0.455. The number of nitrogens with one attached hydrogen (secondary N) is 2. The SMILES string of the molecule is CCOC(=O)c1ccsc1NC(=O)C1CNC1. The topological polar surface area (TPSA) is 67.4 Å². The van der Waals surface area contributed by atoms with Crippen molar-refractivity contribution in [3.05, 3.63) is 17.0 Å². The van der Waals surface area contributed by atoms with Crippen molar-refractivity contribution in [1.29, 1.82) is 0 Å². The van der Waals surface area contributed by atoms with Gasteiger partial charge in [0.2, 0.25) is 5.91 Å². The fourth-order valence-corrected chi connectivity index (χ4v) is 2.24. The van der Waals surface area contributed by atoms with Crippen LogP contribution in [0.5, 0.6) is 0 Å². The number of hydrogen-bond acceptors (Lipinski definition) is 5. The summed E-state index contributed by atoms with van der Waals surface area (Å²) in [4.78, 5) is 23.3. The zero-order chi connectivity index (χ0) is 12.3. The Labute approximate surface area is 103 Å². The van der Waals surface area contributed by atoms with Gasteiger partial charge in [0, 0.05) is 13.1 Å². The average molecular weight is 254 g/mol. The van der Waals surface area contributed by atoms with Gasteiger partial charge in [0.15, 0.2) is 0 Å². The van der Waals surface area contributed by atoms with Gasteiger partial charge >= 0.3 is 5.97 Å². The number of carbonyl (C=O) groups is 2. The van der Waals surface area contributed by atoms with E-state index >= 15 is 0 Å². The van der Waals surface area contributed by atoms with Crippen LogP contribution in [0.1, 0.15) is 17.3 Å². The molecule has 0 aromatic carbocycles. The lowest BCUT2D eigenvalue weighted by atomic mass is 10.0. The molecule has 0 saturated carbocycles. The van der Waals surface area contributed by atoms with Crippen LogP contribution in [0.25, 0.3) is 0 Å². The van der Waals surface area contributed by atoms with Crippen LogP contribution in [-0.4, -0.2) is 31.6 Å². The zero-order valence-electron chi connectivity index (χ0n) is 9.49. The molecule has 0 unspecified atom stereocenters. The minimum Gasteiger partial charge on any atom is -0.462 e. The average Bonchev–Trinajstić information content (AvgIpc) is 2.63. The molecule has 2 heterocycles. The molecule has 0 radical (unpaired) electrons. The van der Waals surface area contributed by atoms with E-state index in [1.807, 2.05) is 0 Å². The van der Waals surface area contributed by atoms with E-state index in [1.54, 1.807) is 18.4 Å². The van der Waals surface area contributed by atoms with Crippen molar-refractivity contribution in [2.24, 2.45) is 5.92 Å². The number of rotatable bonds is 4. The molecule has 0 atom stereocenters. The number of thiophene rings is 1. The van der Waals surface area contributed by atoms with Crippen LogP contribution < -0.4 is 10.6 Å². The van der Waals surface area contributed by atoms with Gasteiger partial charge in [-0.15, -0.1) is 11.3 Å². The highest BCUT2D eigenvalue weighted by Crippen LogP contribution is 2.25. The number of ether oxygens (including phenoxy) is 1. The van der Waals surface area contributed by atoms with E-state index < -0.39 is 5.97 Å². The Bertz CT molecular complexity index is 426. The van der Waals surface area contributed by atoms with Crippen molar-refractivity contribution in [3.8, 4) is 0 Å². The second-order valence-electron chi connectivity index (χ2n) is 3.73. The Morgan fingerprint density at radius 2 is 2.35 bits per heavy atom. The Hall–Kier alpha value is -1.40. The lowest BCUT2D eigenvalue weighted by molar-refractivity contribution is -0.121. The number of carbonyl (C=O) groups excluding carboxylic acids is 2. The molecule has 1 aliphatic heterocycles. The van der Waals surface area contributed by atoms with E-state index in [2.05, 4.69) is 10.6 Å². The quantitative estimate of drug-likeness (QED) is 0.789. The number of amides is 1. The van der Waals surface area contributed by atoms with E-state index in [1.165, 1.54) is 11.3 Å². The molecule has 0 bridgehead atoms. The molecule has 2 rings (SSSR count). The summed E-state index contributed by atoms with van der Waals surface area (Å²) in [5.74, 6) is -0.431. The lowest BCUT2D eigenvalue weighted by Gasteiger charge is -2.25. The van der Waals surface area contributed by atoms with E-state index in [9.17, 15) is 9.59 Å². The third kappa shape index (κ3) is 2.65. The largest absolute Gasteiger partial charge is 0.462 e. The van der Waals surface area contributed by atoms with Crippen LogP contribution >= 0.6 is 11.3 Å². The summed E-state index contributed by atoms with van der Waals surface area (Å²) in [6, 6.07) is 1.66. The second-order valence-corrected chi connectivity index (χ2v) is 4.64. The maximum absolute atomic E-state index is 11.7. The minimum atomic E-state index is -0.393.